The molecule has 2 heteroatoms. The molecule has 0 atom stereocenters. The highest BCUT2D eigenvalue weighted by molar-refractivity contribution is 6.42. The zero-order valence-corrected chi connectivity index (χ0v) is 10.8. The number of hydrogen-bond acceptors (Lipinski definition) is 0. The van der Waals surface area contributed by atoms with Gasteiger partial charge in [0.1, 0.15) is 0 Å². The fourth-order valence-electron chi connectivity index (χ4n) is 3.89. The minimum atomic E-state index is 0.439. The summed E-state index contributed by atoms with van der Waals surface area (Å²) in [5, 5.41) is 1.39. The van der Waals surface area contributed by atoms with Crippen LogP contribution in [0.4, 0.5) is 0 Å². The maximum absolute atomic E-state index is 6.15. The van der Waals surface area contributed by atoms with Crippen molar-refractivity contribution in [2.75, 3.05) is 0 Å². The lowest BCUT2D eigenvalue weighted by Crippen LogP contribution is -2.25. The molecule has 0 saturated heterocycles. The van der Waals surface area contributed by atoms with Gasteiger partial charge in [0.2, 0.25) is 0 Å². The Bertz CT molecular complexity index is 401. The molecule has 16 heavy (non-hydrogen) atoms. The van der Waals surface area contributed by atoms with Crippen LogP contribution in [0.5, 0.6) is 0 Å². The van der Waals surface area contributed by atoms with Crippen LogP contribution < -0.4 is 0 Å². The molecule has 1 aromatic rings. The second-order valence-electron chi connectivity index (χ2n) is 5.27. The predicted octanol–water partition coefficient (Wildman–Crippen LogP) is 5.22. The lowest BCUT2D eigenvalue weighted by atomic mass is 9.74. The van der Waals surface area contributed by atoms with E-state index in [-0.39, 0.29) is 0 Å². The first kappa shape index (κ1) is 10.9. The highest BCUT2D eigenvalue weighted by Gasteiger charge is 2.47. The minimum Gasteiger partial charge on any atom is -0.0827 e. The molecule has 1 aromatic carbocycles. The highest BCUT2D eigenvalue weighted by Crippen LogP contribution is 2.55. The first-order valence-electron chi connectivity index (χ1n) is 6.18. The van der Waals surface area contributed by atoms with Crippen LogP contribution in [0.2, 0.25) is 10.0 Å². The molecule has 0 N–H and O–H groups in total. The van der Waals surface area contributed by atoms with Crippen molar-refractivity contribution >= 4 is 23.2 Å². The van der Waals surface area contributed by atoms with E-state index in [2.05, 4.69) is 12.1 Å². The largest absolute Gasteiger partial charge is 0.0827 e. The van der Waals surface area contributed by atoms with Crippen molar-refractivity contribution in [2.45, 2.75) is 43.9 Å². The van der Waals surface area contributed by atoms with Gasteiger partial charge in [0.25, 0.3) is 0 Å². The Morgan fingerprint density at radius 3 is 2.31 bits per heavy atom. The number of fused-ring (bicyclic) bond motifs is 1. The summed E-state index contributed by atoms with van der Waals surface area (Å²) in [6.07, 6.45) is 8.25. The zero-order chi connectivity index (χ0) is 11.2. The first-order valence-corrected chi connectivity index (χ1v) is 6.93. The molecule has 2 aliphatic rings. The molecular weight excluding hydrogens is 239 g/mol. The molecular formula is C14H16Cl2. The molecule has 0 aromatic heterocycles. The van der Waals surface area contributed by atoms with Crippen LogP contribution in [0.25, 0.3) is 0 Å². The molecule has 0 spiro atoms. The Hall–Kier alpha value is -0.200. The topological polar surface area (TPSA) is 0 Å². The molecule has 3 rings (SSSR count). The predicted molar refractivity (Wildman–Crippen MR) is 69.3 cm³/mol. The van der Waals surface area contributed by atoms with E-state index in [9.17, 15) is 0 Å². The van der Waals surface area contributed by atoms with Crippen molar-refractivity contribution in [3.05, 3.63) is 33.8 Å². The SMILES string of the molecule is Clc1ccc([C@]23CCC[C@H]2CCC3)cc1Cl. The average molecular weight is 255 g/mol. The second-order valence-corrected chi connectivity index (χ2v) is 6.08. The summed E-state index contributed by atoms with van der Waals surface area (Å²) < 4.78 is 0. The van der Waals surface area contributed by atoms with Gasteiger partial charge in [-0.1, -0.05) is 42.1 Å². The van der Waals surface area contributed by atoms with Crippen LogP contribution in [-0.4, -0.2) is 0 Å². The zero-order valence-electron chi connectivity index (χ0n) is 9.31. The summed E-state index contributed by atoms with van der Waals surface area (Å²) in [6, 6.07) is 6.26. The Kier molecular flexibility index (Phi) is 2.68. The van der Waals surface area contributed by atoms with Gasteiger partial charge in [0.05, 0.1) is 10.0 Å². The molecule has 0 radical (unpaired) electrons. The monoisotopic (exact) mass is 254 g/mol. The number of rotatable bonds is 1. The van der Waals surface area contributed by atoms with E-state index in [1.54, 1.807) is 0 Å². The number of halogens is 2. The summed E-state index contributed by atoms with van der Waals surface area (Å²) in [6.45, 7) is 0. The highest BCUT2D eigenvalue weighted by atomic mass is 35.5. The fourth-order valence-corrected chi connectivity index (χ4v) is 4.19. The van der Waals surface area contributed by atoms with Crippen molar-refractivity contribution < 1.29 is 0 Å². The average Bonchev–Trinajstić information content (AvgIpc) is 2.81. The van der Waals surface area contributed by atoms with Gasteiger partial charge in [-0.15, -0.1) is 0 Å². The van der Waals surface area contributed by atoms with E-state index in [0.29, 0.717) is 15.5 Å². The van der Waals surface area contributed by atoms with Crippen LogP contribution in [0.3, 0.4) is 0 Å². The van der Waals surface area contributed by atoms with Gasteiger partial charge >= 0.3 is 0 Å². The lowest BCUT2D eigenvalue weighted by molar-refractivity contribution is 0.369. The van der Waals surface area contributed by atoms with Crippen LogP contribution >= 0.6 is 23.2 Å². The van der Waals surface area contributed by atoms with Gasteiger partial charge in [-0.25, -0.2) is 0 Å². The number of benzene rings is 1. The standard InChI is InChI=1S/C14H16Cl2/c15-12-6-5-11(9-13(12)16)14-7-1-3-10(14)4-2-8-14/h5-6,9-10H,1-4,7-8H2/t10-,14-. The normalized spacial score (nSPS) is 33.0. The number of hydrogen-bond donors (Lipinski definition) is 0. The van der Waals surface area contributed by atoms with Crippen LogP contribution in [0, 0.1) is 5.92 Å². The van der Waals surface area contributed by atoms with Crippen molar-refractivity contribution in [3.8, 4) is 0 Å². The fraction of sp³-hybridized carbons (Fsp3) is 0.571. The molecule has 2 saturated carbocycles. The van der Waals surface area contributed by atoms with Gasteiger partial charge < -0.3 is 0 Å². The first-order chi connectivity index (χ1) is 7.72. The summed E-state index contributed by atoms with van der Waals surface area (Å²) in [4.78, 5) is 0. The van der Waals surface area contributed by atoms with Crippen LogP contribution in [-0.2, 0) is 5.41 Å². The molecule has 0 heterocycles. The van der Waals surface area contributed by atoms with Crippen molar-refractivity contribution in [1.29, 1.82) is 0 Å². The van der Waals surface area contributed by atoms with Gasteiger partial charge in [-0.2, -0.15) is 0 Å². The third kappa shape index (κ3) is 1.50. The molecule has 86 valence electrons. The Morgan fingerprint density at radius 1 is 1.00 bits per heavy atom. The quantitative estimate of drug-likeness (QED) is 0.645. The van der Waals surface area contributed by atoms with Crippen molar-refractivity contribution in [2.24, 2.45) is 5.92 Å². The van der Waals surface area contributed by atoms with E-state index in [4.69, 9.17) is 23.2 Å². The Balaban J connectivity index is 2.04. The lowest BCUT2D eigenvalue weighted by Gasteiger charge is -2.30. The van der Waals surface area contributed by atoms with Gasteiger partial charge in [-0.3, -0.25) is 0 Å². The summed E-state index contributed by atoms with van der Waals surface area (Å²) in [5.41, 5.74) is 1.87. The molecule has 2 aliphatic carbocycles. The molecule has 0 nitrogen and oxygen atoms in total. The van der Waals surface area contributed by atoms with E-state index in [1.807, 2.05) is 6.07 Å². The maximum atomic E-state index is 6.15. The Morgan fingerprint density at radius 2 is 1.69 bits per heavy atom. The molecule has 2 fully saturated rings. The summed E-state index contributed by atoms with van der Waals surface area (Å²) in [7, 11) is 0. The van der Waals surface area contributed by atoms with E-state index in [1.165, 1.54) is 44.1 Å². The third-order valence-corrected chi connectivity index (χ3v) is 5.37. The van der Waals surface area contributed by atoms with Crippen LogP contribution in [0.15, 0.2) is 18.2 Å². The summed E-state index contributed by atoms with van der Waals surface area (Å²) in [5.74, 6) is 0.893. The molecule has 0 amide bonds. The van der Waals surface area contributed by atoms with Gasteiger partial charge in [0, 0.05) is 0 Å². The maximum Gasteiger partial charge on any atom is 0.0595 e. The molecule has 0 bridgehead atoms. The van der Waals surface area contributed by atoms with Crippen LogP contribution in [0.1, 0.15) is 44.1 Å². The molecule has 0 unspecified atom stereocenters. The van der Waals surface area contributed by atoms with Gasteiger partial charge in [0.15, 0.2) is 0 Å². The van der Waals surface area contributed by atoms with Crippen molar-refractivity contribution in [1.82, 2.24) is 0 Å². The second kappa shape index (κ2) is 3.92. The summed E-state index contributed by atoms with van der Waals surface area (Å²) >= 11 is 12.1. The molecule has 0 aliphatic heterocycles. The van der Waals surface area contributed by atoms with E-state index >= 15 is 0 Å². The third-order valence-electron chi connectivity index (χ3n) is 4.63. The van der Waals surface area contributed by atoms with E-state index in [0.717, 1.165) is 5.92 Å². The van der Waals surface area contributed by atoms with Crippen molar-refractivity contribution in [3.63, 3.8) is 0 Å². The van der Waals surface area contributed by atoms with Gasteiger partial charge in [-0.05, 0) is 54.7 Å². The van der Waals surface area contributed by atoms with E-state index < -0.39 is 0 Å². The minimum absolute atomic E-state index is 0.439. The Labute approximate surface area is 107 Å². The smallest absolute Gasteiger partial charge is 0.0595 e.